The molecule has 3 aliphatic rings. The van der Waals surface area contributed by atoms with Gasteiger partial charge in [-0.25, -0.2) is 4.79 Å². The fourth-order valence-corrected chi connectivity index (χ4v) is 5.76. The van der Waals surface area contributed by atoms with E-state index in [9.17, 15) is 14.4 Å². The first-order valence-electron chi connectivity index (χ1n) is 14.6. The van der Waals surface area contributed by atoms with Crippen molar-refractivity contribution in [2.75, 3.05) is 30.8 Å². The summed E-state index contributed by atoms with van der Waals surface area (Å²) in [6.07, 6.45) is 6.21. The van der Waals surface area contributed by atoms with E-state index in [1.165, 1.54) is 29.5 Å². The number of carbonyl (C=O) groups excluding carboxylic acids is 3. The van der Waals surface area contributed by atoms with Gasteiger partial charge < -0.3 is 25.6 Å². The Morgan fingerprint density at radius 3 is 2.27 bits per heavy atom. The van der Waals surface area contributed by atoms with Gasteiger partial charge in [0.1, 0.15) is 5.60 Å². The van der Waals surface area contributed by atoms with E-state index in [0.717, 1.165) is 18.5 Å². The zero-order valence-corrected chi connectivity index (χ0v) is 25.2. The normalized spacial score (nSPS) is 20.2. The van der Waals surface area contributed by atoms with Gasteiger partial charge >= 0.3 is 6.09 Å². The Morgan fingerprint density at radius 2 is 1.73 bits per heavy atom. The number of fused-ring (bicyclic) bond motifs is 1. The average molecular weight is 561 g/mol. The highest BCUT2D eigenvalue weighted by atomic mass is 16.6. The van der Waals surface area contributed by atoms with Crippen molar-refractivity contribution in [2.45, 2.75) is 71.9 Å². The molecule has 2 atom stereocenters. The summed E-state index contributed by atoms with van der Waals surface area (Å²) in [5.74, 6) is 1.20. The van der Waals surface area contributed by atoms with E-state index >= 15 is 0 Å². The van der Waals surface area contributed by atoms with Gasteiger partial charge in [-0.05, 0) is 111 Å². The average Bonchev–Trinajstić information content (AvgIpc) is 3.76. The third kappa shape index (κ3) is 7.48. The van der Waals surface area contributed by atoms with Gasteiger partial charge in [0.25, 0.3) is 5.91 Å². The van der Waals surface area contributed by atoms with Crippen molar-refractivity contribution in [2.24, 2.45) is 11.8 Å². The maximum atomic E-state index is 12.5. The number of nitrogen functional groups attached to an aromatic ring is 1. The second-order valence-corrected chi connectivity index (χ2v) is 12.3. The number of anilines is 2. The molecule has 1 fully saturated rings. The Labute approximate surface area is 243 Å². The van der Waals surface area contributed by atoms with E-state index < -0.39 is 5.60 Å². The van der Waals surface area contributed by atoms with Crippen molar-refractivity contribution in [3.05, 3.63) is 65.2 Å². The summed E-state index contributed by atoms with van der Waals surface area (Å²) in [4.78, 5) is 39.6. The number of amides is 3. The molecule has 1 aliphatic carbocycles. The van der Waals surface area contributed by atoms with Gasteiger partial charge in [0.2, 0.25) is 5.91 Å². The molecule has 0 aromatic heterocycles. The largest absolute Gasteiger partial charge is 0.444 e. The number of carbonyl (C=O) groups is 3. The zero-order chi connectivity index (χ0) is 29.9. The van der Waals surface area contributed by atoms with Gasteiger partial charge in [0, 0.05) is 50.0 Å². The molecule has 2 aromatic rings. The molecule has 0 radical (unpaired) electrons. The fraction of sp³-hybridized carbons (Fsp3) is 0.485. The maximum absolute atomic E-state index is 12.5. The van der Waals surface area contributed by atoms with Gasteiger partial charge in [-0.2, -0.15) is 0 Å². The molecule has 2 heterocycles. The highest BCUT2D eigenvalue weighted by Gasteiger charge is 2.43. The summed E-state index contributed by atoms with van der Waals surface area (Å²) in [6, 6.07) is 13.7. The second kappa shape index (κ2) is 12.4. The lowest BCUT2D eigenvalue weighted by Gasteiger charge is -2.41. The Hall–Kier alpha value is -3.81. The zero-order valence-electron chi connectivity index (χ0n) is 25.2. The molecule has 3 N–H and O–H groups in total. The molecule has 220 valence electrons. The van der Waals surface area contributed by atoms with Crippen molar-refractivity contribution in [3.63, 3.8) is 0 Å². The molecule has 0 saturated heterocycles. The molecule has 8 heteroatoms. The number of ether oxygens (including phenoxy) is 1. The first kappa shape index (κ1) is 30.2. The van der Waals surface area contributed by atoms with Crippen molar-refractivity contribution in [1.82, 2.24) is 10.2 Å². The molecule has 0 spiro atoms. The summed E-state index contributed by atoms with van der Waals surface area (Å²) in [6.45, 7) is 10.9. The quantitative estimate of drug-likeness (QED) is 0.471. The van der Waals surface area contributed by atoms with Crippen molar-refractivity contribution in [3.8, 4) is 0 Å². The minimum atomic E-state index is -0.475. The van der Waals surface area contributed by atoms with Crippen LogP contribution in [0.15, 0.2) is 48.5 Å². The van der Waals surface area contributed by atoms with Crippen LogP contribution in [0.25, 0.3) is 5.57 Å². The summed E-state index contributed by atoms with van der Waals surface area (Å²) < 4.78 is 5.49. The molecular weight excluding hydrogens is 516 g/mol. The van der Waals surface area contributed by atoms with Crippen LogP contribution in [0.4, 0.5) is 16.2 Å². The summed E-state index contributed by atoms with van der Waals surface area (Å²) in [5, 5.41) is 2.52. The van der Waals surface area contributed by atoms with E-state index in [0.29, 0.717) is 42.2 Å². The molecule has 3 amide bonds. The van der Waals surface area contributed by atoms with Crippen LogP contribution in [-0.2, 0) is 16.0 Å². The molecule has 2 aromatic carbocycles. The van der Waals surface area contributed by atoms with Gasteiger partial charge in [-0.3, -0.25) is 9.59 Å². The van der Waals surface area contributed by atoms with Crippen LogP contribution in [0.2, 0.25) is 0 Å². The molecular formula is C33H44N4O4. The van der Waals surface area contributed by atoms with Crippen LogP contribution < -0.4 is 16.0 Å². The van der Waals surface area contributed by atoms with Crippen LogP contribution in [-0.4, -0.2) is 54.6 Å². The van der Waals surface area contributed by atoms with Gasteiger partial charge in [-0.1, -0.05) is 19.1 Å². The Morgan fingerprint density at radius 1 is 1.05 bits per heavy atom. The molecule has 5 rings (SSSR count). The van der Waals surface area contributed by atoms with Crippen molar-refractivity contribution < 1.29 is 19.1 Å². The van der Waals surface area contributed by atoms with Crippen LogP contribution >= 0.6 is 0 Å². The van der Waals surface area contributed by atoms with Gasteiger partial charge in [0.05, 0.1) is 0 Å². The molecule has 1 unspecified atom stereocenters. The van der Waals surface area contributed by atoms with E-state index in [-0.39, 0.29) is 17.9 Å². The van der Waals surface area contributed by atoms with Gasteiger partial charge in [-0.15, -0.1) is 0 Å². The minimum Gasteiger partial charge on any atom is -0.444 e. The number of nitrogens with one attached hydrogen (secondary N) is 1. The third-order valence-corrected chi connectivity index (χ3v) is 7.84. The highest BCUT2D eigenvalue weighted by molar-refractivity contribution is 5.94. The predicted molar refractivity (Wildman–Crippen MR) is 164 cm³/mol. The first-order valence-corrected chi connectivity index (χ1v) is 14.6. The number of hydrogen-bond donors (Lipinski definition) is 2. The van der Waals surface area contributed by atoms with Crippen LogP contribution in [0.1, 0.15) is 75.4 Å². The molecule has 1 saturated carbocycles. The summed E-state index contributed by atoms with van der Waals surface area (Å²) in [7, 11) is 1.60. The second-order valence-electron chi connectivity index (χ2n) is 12.3. The van der Waals surface area contributed by atoms with E-state index in [4.69, 9.17) is 10.5 Å². The molecule has 2 aliphatic heterocycles. The van der Waals surface area contributed by atoms with Crippen molar-refractivity contribution >= 4 is 34.9 Å². The lowest BCUT2D eigenvalue weighted by molar-refractivity contribution is -0.117. The van der Waals surface area contributed by atoms with E-state index in [1.807, 2.05) is 20.8 Å². The van der Waals surface area contributed by atoms with E-state index in [1.54, 1.807) is 43.1 Å². The number of hydrogen-bond acceptors (Lipinski definition) is 5. The third-order valence-electron chi connectivity index (χ3n) is 7.84. The lowest BCUT2D eigenvalue weighted by Crippen LogP contribution is -2.48. The maximum Gasteiger partial charge on any atom is 0.410 e. The topological polar surface area (TPSA) is 105 Å². The van der Waals surface area contributed by atoms with Gasteiger partial charge in [0.15, 0.2) is 0 Å². The van der Waals surface area contributed by atoms with Crippen LogP contribution in [0, 0.1) is 11.8 Å². The highest BCUT2D eigenvalue weighted by Crippen LogP contribution is 2.45. The van der Waals surface area contributed by atoms with E-state index in [2.05, 4.69) is 41.4 Å². The van der Waals surface area contributed by atoms with Crippen molar-refractivity contribution in [1.29, 1.82) is 0 Å². The predicted octanol–water partition coefficient (Wildman–Crippen LogP) is 5.66. The van der Waals surface area contributed by atoms with Crippen LogP contribution in [0.3, 0.4) is 0 Å². The van der Waals surface area contributed by atoms with Crippen LogP contribution in [0.5, 0.6) is 0 Å². The first-order chi connectivity index (χ1) is 19.4. The smallest absolute Gasteiger partial charge is 0.410 e. The lowest BCUT2D eigenvalue weighted by atomic mass is 9.83. The molecule has 8 nitrogen and oxygen atoms in total. The number of benzene rings is 2. The Balaban J connectivity index is 0.000000296. The molecule has 41 heavy (non-hydrogen) atoms. The molecule has 0 bridgehead atoms. The fourth-order valence-electron chi connectivity index (χ4n) is 5.76. The monoisotopic (exact) mass is 560 g/mol. The Kier molecular flexibility index (Phi) is 9.10. The SMILES string of the molecule is CC(=O)N1c2ccc(C3=CCN(C(=O)OC(C)(C)C)CC3)cc2CC(C)[C@@H]1C1CC1.CNC(=O)c1ccc(N)cc1. The number of nitrogens with zero attached hydrogens (tertiary/aromatic N) is 2. The summed E-state index contributed by atoms with van der Waals surface area (Å²) >= 11 is 0. The number of rotatable bonds is 3. The minimum absolute atomic E-state index is 0.0926. The Bertz CT molecular complexity index is 1310. The standard InChI is InChI=1S/C25H34N2O3.C8H10N2O/c1-16-14-21-15-20(8-9-22(21)27(17(2)28)23(16)19-6-7-19)18-10-12-26(13-11-18)24(29)30-25(3,4)5;1-10-8(11)6-2-4-7(9)5-3-6/h8-10,15-16,19,23H,6-7,11-14H2,1-5H3;2-5H,9H2,1H3,(H,10,11)/t16?,23-;/m1./s1. The number of nitrogens with two attached hydrogens (primary N) is 1. The summed E-state index contributed by atoms with van der Waals surface area (Å²) in [5.41, 5.74) is 11.1.